The second-order valence-corrected chi connectivity index (χ2v) is 37.7. The van der Waals surface area contributed by atoms with E-state index in [1.165, 1.54) is 33.3 Å². The molecule has 7 heteroatoms. The predicted molar refractivity (Wildman–Crippen MR) is 475 cm³/mol. The number of hydrogen-bond donors (Lipinski definition) is 0. The molecule has 0 amide bonds. The highest BCUT2D eigenvalue weighted by Gasteiger charge is 2.53. The highest BCUT2D eigenvalue weighted by molar-refractivity contribution is 7.00. The van der Waals surface area contributed by atoms with Crippen molar-refractivity contribution >= 4 is 74.3 Å². The molecule has 0 radical (unpaired) electrons. The van der Waals surface area contributed by atoms with Crippen molar-refractivity contribution in [3.63, 3.8) is 0 Å². The number of benzene rings is 14. The summed E-state index contributed by atoms with van der Waals surface area (Å²) in [5.41, 5.74) is 31.8. The van der Waals surface area contributed by atoms with Crippen molar-refractivity contribution in [3.05, 3.63) is 358 Å². The highest BCUT2D eigenvalue weighted by Crippen LogP contribution is 2.65. The van der Waals surface area contributed by atoms with Gasteiger partial charge in [-0.2, -0.15) is 0 Å². The van der Waals surface area contributed by atoms with Crippen LogP contribution in [0.1, 0.15) is 178 Å². The Kier molecular flexibility index (Phi) is 15.6. The first-order chi connectivity index (χ1) is 54.5. The Bertz CT molecular complexity index is 6030. The molecule has 14 aromatic rings. The fourth-order valence-corrected chi connectivity index (χ4v) is 19.6. The molecule has 1 spiro atoms. The van der Waals surface area contributed by atoms with Crippen LogP contribution in [0.25, 0.3) is 33.4 Å². The van der Waals surface area contributed by atoms with Gasteiger partial charge in [0.2, 0.25) is 0 Å². The van der Waals surface area contributed by atoms with Crippen molar-refractivity contribution in [2.24, 2.45) is 0 Å². The molecule has 0 bridgehead atoms. The minimum Gasteiger partial charge on any atom is -0.457 e. The molecule has 6 heterocycles. The molecule has 6 aliphatic heterocycles. The van der Waals surface area contributed by atoms with E-state index < -0.39 is 16.2 Å². The molecule has 0 saturated carbocycles. The fraction of sp³-hybridized carbons (Fsp3) is 0.215. The van der Waals surface area contributed by atoms with Crippen LogP contribution in [0, 0.1) is 0 Å². The van der Waals surface area contributed by atoms with E-state index in [-0.39, 0.29) is 28.4 Å². The van der Waals surface area contributed by atoms with Gasteiger partial charge in [-0.15, -0.1) is 0 Å². The summed E-state index contributed by atoms with van der Waals surface area (Å²) < 4.78 is 21.9. The zero-order valence-corrected chi connectivity index (χ0v) is 68.4. The minimum absolute atomic E-state index is 0.0625. The number of hydrogen-bond acceptors (Lipinski definition) is 6. The first kappa shape index (κ1) is 71.0. The van der Waals surface area contributed by atoms with Gasteiger partial charge in [0.1, 0.15) is 34.5 Å². The molecule has 0 aromatic heterocycles. The summed E-state index contributed by atoms with van der Waals surface area (Å²) in [6.45, 7) is 37.1. The largest absolute Gasteiger partial charge is 0.457 e. The molecule has 0 N–H and O–H groups in total. The van der Waals surface area contributed by atoms with Crippen LogP contribution in [0.2, 0.25) is 0 Å². The molecular formula is C107H96BN3O3. The number of para-hydroxylation sites is 6. The first-order valence-electron chi connectivity index (χ1n) is 40.7. The average molecular weight is 1480 g/mol. The SMILES string of the molecule is CC(C)(C)c1ccc(-c2cc(C(C)(C)C)ccc2N2c3cc4c(cc3B3c5cc6c(cc5N(c5ccc(C(C)(C)C)cc5-c5ccc(C(C)(C)C)cc5)c5cc(-c7ccc8c(c7)C7(c9ccccc9Oc9ccccc97)c7ccccc7N8c7ccccc7)cc2c53)C(C)(C)c2ccccc2O6)Oc2ccccc2C4(C)C)cc1. The number of ether oxygens (including phenoxy) is 3. The summed E-state index contributed by atoms with van der Waals surface area (Å²) in [6, 6.07) is 111. The second-order valence-electron chi connectivity index (χ2n) is 37.7. The van der Waals surface area contributed by atoms with E-state index in [0.29, 0.717) is 0 Å². The molecule has 114 heavy (non-hydrogen) atoms. The Labute approximate surface area is 673 Å². The van der Waals surface area contributed by atoms with Gasteiger partial charge >= 0.3 is 0 Å². The van der Waals surface area contributed by atoms with Crippen LogP contribution < -0.4 is 45.3 Å². The van der Waals surface area contributed by atoms with Gasteiger partial charge in [0, 0.05) is 83.8 Å². The topological polar surface area (TPSA) is 37.4 Å². The molecule has 0 saturated heterocycles. The van der Waals surface area contributed by atoms with Crippen molar-refractivity contribution in [2.75, 3.05) is 14.7 Å². The van der Waals surface area contributed by atoms with Crippen molar-refractivity contribution in [1.29, 1.82) is 0 Å². The van der Waals surface area contributed by atoms with Gasteiger partial charge in [0.15, 0.2) is 0 Å². The lowest BCUT2D eigenvalue weighted by atomic mass is 9.33. The molecule has 6 aliphatic rings. The normalized spacial score (nSPS) is 15.4. The number of nitrogens with zero attached hydrogens (tertiary/aromatic N) is 3. The lowest BCUT2D eigenvalue weighted by Gasteiger charge is -2.49. The van der Waals surface area contributed by atoms with Crippen molar-refractivity contribution < 1.29 is 14.2 Å². The second kappa shape index (κ2) is 25.0. The van der Waals surface area contributed by atoms with Crippen LogP contribution in [0.5, 0.6) is 34.5 Å². The summed E-state index contributed by atoms with van der Waals surface area (Å²) in [5.74, 6) is 5.15. The molecule has 20 rings (SSSR count). The Hall–Kier alpha value is -12.1. The maximum atomic E-state index is 7.41. The quantitative estimate of drug-likeness (QED) is 0.155. The summed E-state index contributed by atoms with van der Waals surface area (Å²) in [5, 5.41) is 0. The van der Waals surface area contributed by atoms with Gasteiger partial charge < -0.3 is 28.9 Å². The zero-order chi connectivity index (χ0) is 78.7. The molecule has 0 atom stereocenters. The smallest absolute Gasteiger partial charge is 0.252 e. The molecular weight excluding hydrogens is 1390 g/mol. The Morgan fingerprint density at radius 2 is 0.605 bits per heavy atom. The van der Waals surface area contributed by atoms with Crippen molar-refractivity contribution in [2.45, 2.75) is 149 Å². The van der Waals surface area contributed by atoms with E-state index in [1.54, 1.807) is 0 Å². The average Bonchev–Trinajstić information content (AvgIpc) is 0.685. The molecule has 0 fully saturated rings. The van der Waals surface area contributed by atoms with Gasteiger partial charge in [-0.1, -0.05) is 287 Å². The summed E-state index contributed by atoms with van der Waals surface area (Å²) >= 11 is 0. The third kappa shape index (κ3) is 10.7. The highest BCUT2D eigenvalue weighted by atomic mass is 16.5. The zero-order valence-electron chi connectivity index (χ0n) is 68.4. The Morgan fingerprint density at radius 1 is 0.246 bits per heavy atom. The summed E-state index contributed by atoms with van der Waals surface area (Å²) in [7, 11) is 0. The standard InChI is InChI=1S/C107H96BN3O3/c1-101(2,3)69-47-42-65(43-48-69)74-59-71(103(7,8)9)51-54-86(74)110-90-61-82-98(113-94-38-26-21-33-77(94)105(82,13)14)63-84(90)108-85-64-99-83(106(15,16)78-34-22-27-39-95(78)114-99)62-91(85)111(87-55-52-72(104(10,11)12)60-75(87)66-44-49-70(50-45-66)102(4,5)6)93-58-68(57-92(110)100(93)108)67-46-53-89-81(56-67)107(76-32-20-25-37-88(76)109(89)73-30-18-17-19-31-73)79-35-23-28-40-96(79)112-97-41-29-24-36-80(97)107/h17-64H,1-16H3. The van der Waals surface area contributed by atoms with Gasteiger partial charge in [-0.25, -0.2) is 0 Å². The van der Waals surface area contributed by atoms with Crippen LogP contribution in [-0.2, 0) is 37.9 Å². The van der Waals surface area contributed by atoms with E-state index in [2.05, 4.69) is 417 Å². The van der Waals surface area contributed by atoms with E-state index >= 15 is 0 Å². The Morgan fingerprint density at radius 3 is 1.05 bits per heavy atom. The lowest BCUT2D eigenvalue weighted by Crippen LogP contribution is -2.61. The van der Waals surface area contributed by atoms with Crippen LogP contribution in [0.3, 0.4) is 0 Å². The fourth-order valence-electron chi connectivity index (χ4n) is 19.6. The van der Waals surface area contributed by atoms with Gasteiger partial charge in [0.25, 0.3) is 6.71 Å². The van der Waals surface area contributed by atoms with Crippen LogP contribution in [-0.4, -0.2) is 6.71 Å². The molecule has 6 nitrogen and oxygen atoms in total. The molecule has 0 aliphatic carbocycles. The number of rotatable bonds is 6. The maximum absolute atomic E-state index is 7.41. The van der Waals surface area contributed by atoms with Crippen molar-refractivity contribution in [1.82, 2.24) is 0 Å². The lowest BCUT2D eigenvalue weighted by molar-refractivity contribution is 0.418. The molecule has 14 aromatic carbocycles. The number of anilines is 9. The van der Waals surface area contributed by atoms with Crippen LogP contribution >= 0.6 is 0 Å². The van der Waals surface area contributed by atoms with E-state index in [1.807, 2.05) is 0 Å². The third-order valence-electron chi connectivity index (χ3n) is 25.8. The maximum Gasteiger partial charge on any atom is 0.252 e. The number of fused-ring (bicyclic) bond motifs is 16. The monoisotopic (exact) mass is 1480 g/mol. The van der Waals surface area contributed by atoms with Crippen LogP contribution in [0.4, 0.5) is 51.2 Å². The summed E-state index contributed by atoms with van der Waals surface area (Å²) in [6.07, 6.45) is 0. The van der Waals surface area contributed by atoms with Gasteiger partial charge in [-0.05, 0) is 209 Å². The van der Waals surface area contributed by atoms with E-state index in [0.717, 1.165) is 169 Å². The van der Waals surface area contributed by atoms with E-state index in [4.69, 9.17) is 14.2 Å². The van der Waals surface area contributed by atoms with Crippen LogP contribution in [0.15, 0.2) is 291 Å². The molecule has 0 unspecified atom stereocenters. The van der Waals surface area contributed by atoms with E-state index in [9.17, 15) is 0 Å². The third-order valence-corrected chi connectivity index (χ3v) is 25.8. The molecule has 560 valence electrons. The van der Waals surface area contributed by atoms with Gasteiger partial charge in [0.05, 0.1) is 28.2 Å². The summed E-state index contributed by atoms with van der Waals surface area (Å²) in [4.78, 5) is 7.84. The predicted octanol–water partition coefficient (Wildman–Crippen LogP) is 27.1. The Balaban J connectivity index is 0.958. The van der Waals surface area contributed by atoms with Crippen molar-refractivity contribution in [3.8, 4) is 67.9 Å². The van der Waals surface area contributed by atoms with Gasteiger partial charge in [-0.3, -0.25) is 0 Å². The first-order valence-corrected chi connectivity index (χ1v) is 40.7. The minimum atomic E-state index is -0.847.